The summed E-state index contributed by atoms with van der Waals surface area (Å²) in [6.07, 6.45) is 19.5. The molecule has 3 rings (SSSR count). The van der Waals surface area contributed by atoms with E-state index in [0.717, 1.165) is 37.0 Å². The van der Waals surface area contributed by atoms with Gasteiger partial charge in [0, 0.05) is 6.61 Å². The fraction of sp³-hybridized carbons (Fsp3) is 0.525. The van der Waals surface area contributed by atoms with E-state index in [0.29, 0.717) is 23.7 Å². The van der Waals surface area contributed by atoms with Crippen molar-refractivity contribution in [3.8, 4) is 22.6 Å². The molecule has 3 aromatic carbocycles. The molecule has 0 spiro atoms. The van der Waals surface area contributed by atoms with Crippen LogP contribution in [0.3, 0.4) is 0 Å². The molecule has 240 valence electrons. The summed E-state index contributed by atoms with van der Waals surface area (Å²) in [7, 11) is 0. The predicted molar refractivity (Wildman–Crippen MR) is 184 cm³/mol. The minimum absolute atomic E-state index is 0.0778. The van der Waals surface area contributed by atoms with Crippen LogP contribution in [0.15, 0.2) is 72.8 Å². The summed E-state index contributed by atoms with van der Waals surface area (Å²) in [4.78, 5) is 13.0. The normalized spacial score (nSPS) is 11.8. The summed E-state index contributed by atoms with van der Waals surface area (Å²) in [6, 6.07) is 23.4. The minimum atomic E-state index is -0.387. The van der Waals surface area contributed by atoms with Crippen LogP contribution in [0, 0.1) is 0 Å². The average molecular weight is 601 g/mol. The lowest BCUT2D eigenvalue weighted by atomic mass is 10.0. The molecule has 1 atom stereocenters. The van der Waals surface area contributed by atoms with Crippen molar-refractivity contribution in [3.63, 3.8) is 0 Å². The van der Waals surface area contributed by atoms with Crippen LogP contribution in [0.5, 0.6) is 11.5 Å². The first-order valence-corrected chi connectivity index (χ1v) is 17.4. The number of esters is 1. The van der Waals surface area contributed by atoms with Crippen LogP contribution in [-0.4, -0.2) is 19.2 Å². The second-order valence-corrected chi connectivity index (χ2v) is 12.0. The zero-order valence-corrected chi connectivity index (χ0v) is 27.7. The number of unbranched alkanes of at least 4 members (excludes halogenated alkanes) is 13. The summed E-state index contributed by atoms with van der Waals surface area (Å²) >= 11 is 0. The van der Waals surface area contributed by atoms with E-state index in [4.69, 9.17) is 14.2 Å². The van der Waals surface area contributed by atoms with Crippen molar-refractivity contribution in [2.75, 3.05) is 13.2 Å². The van der Waals surface area contributed by atoms with Crippen molar-refractivity contribution < 1.29 is 19.0 Å². The highest BCUT2D eigenvalue weighted by atomic mass is 16.6. The third-order valence-corrected chi connectivity index (χ3v) is 8.26. The molecule has 4 heteroatoms. The zero-order chi connectivity index (χ0) is 31.2. The maximum Gasteiger partial charge on any atom is 0.343 e. The topological polar surface area (TPSA) is 44.8 Å². The molecule has 0 radical (unpaired) electrons. The molecule has 44 heavy (non-hydrogen) atoms. The highest BCUT2D eigenvalue weighted by Crippen LogP contribution is 2.29. The van der Waals surface area contributed by atoms with Gasteiger partial charge in [0.2, 0.25) is 0 Å². The Morgan fingerprint density at radius 1 is 0.568 bits per heavy atom. The van der Waals surface area contributed by atoms with Crippen LogP contribution in [0.2, 0.25) is 0 Å². The van der Waals surface area contributed by atoms with E-state index in [-0.39, 0.29) is 12.1 Å². The van der Waals surface area contributed by atoms with E-state index in [1.807, 2.05) is 42.5 Å². The Morgan fingerprint density at radius 3 is 1.64 bits per heavy atom. The molecule has 0 saturated heterocycles. The molecule has 0 amide bonds. The molecule has 0 aromatic heterocycles. The van der Waals surface area contributed by atoms with Gasteiger partial charge < -0.3 is 14.2 Å². The van der Waals surface area contributed by atoms with Gasteiger partial charge in [-0.25, -0.2) is 4.79 Å². The number of ether oxygens (including phenoxy) is 3. The van der Waals surface area contributed by atoms with Crippen molar-refractivity contribution in [1.29, 1.82) is 0 Å². The van der Waals surface area contributed by atoms with E-state index in [1.54, 1.807) is 6.07 Å². The highest BCUT2D eigenvalue weighted by molar-refractivity contribution is 5.92. The Kier molecular flexibility index (Phi) is 17.3. The Balaban J connectivity index is 1.36. The highest BCUT2D eigenvalue weighted by Gasteiger charge is 2.13. The molecular weight excluding hydrogens is 544 g/mol. The maximum absolute atomic E-state index is 13.0. The van der Waals surface area contributed by atoms with E-state index >= 15 is 0 Å². The maximum atomic E-state index is 13.0. The molecule has 0 fully saturated rings. The smallest absolute Gasteiger partial charge is 0.343 e. The molecule has 3 aromatic rings. The van der Waals surface area contributed by atoms with E-state index < -0.39 is 0 Å². The largest absolute Gasteiger partial charge is 0.490 e. The van der Waals surface area contributed by atoms with Gasteiger partial charge in [-0.05, 0) is 60.7 Å². The van der Waals surface area contributed by atoms with Gasteiger partial charge >= 0.3 is 5.97 Å². The van der Waals surface area contributed by atoms with Crippen LogP contribution >= 0.6 is 0 Å². The molecule has 1 unspecified atom stereocenters. The van der Waals surface area contributed by atoms with Gasteiger partial charge in [0.25, 0.3) is 0 Å². The first-order chi connectivity index (χ1) is 21.6. The van der Waals surface area contributed by atoms with Crippen LogP contribution in [-0.2, 0) is 4.74 Å². The van der Waals surface area contributed by atoms with Gasteiger partial charge in [0.15, 0.2) is 11.5 Å². The number of carbonyl (C=O) groups excluding carboxylic acids is 1. The lowest BCUT2D eigenvalue weighted by Crippen LogP contribution is -2.10. The summed E-state index contributed by atoms with van der Waals surface area (Å²) in [5, 5.41) is 0. The van der Waals surface area contributed by atoms with E-state index in [1.165, 1.54) is 82.6 Å². The van der Waals surface area contributed by atoms with Crippen molar-refractivity contribution in [3.05, 3.63) is 83.9 Å². The fourth-order valence-corrected chi connectivity index (χ4v) is 5.36. The molecular formula is C40H56O4. The van der Waals surface area contributed by atoms with Crippen LogP contribution < -0.4 is 9.47 Å². The van der Waals surface area contributed by atoms with Crippen molar-refractivity contribution in [2.24, 2.45) is 0 Å². The van der Waals surface area contributed by atoms with Crippen LogP contribution in [0.1, 0.15) is 139 Å². The summed E-state index contributed by atoms with van der Waals surface area (Å²) < 4.78 is 17.7. The second kappa shape index (κ2) is 21.6. The molecule has 0 bridgehead atoms. The van der Waals surface area contributed by atoms with Crippen LogP contribution in [0.4, 0.5) is 0 Å². The summed E-state index contributed by atoms with van der Waals surface area (Å²) in [6.45, 7) is 7.95. The number of hydrogen-bond acceptors (Lipinski definition) is 4. The standard InChI is InChI=1S/C40H56O4/c1-4-6-8-9-10-11-12-13-14-15-16-17-20-32-43-38-21-18-19-22-39(38)44-40(41)37-29-27-36(28-30-37)35-25-23-34(24-26-35)33(3)42-31-7-5-2/h18-19,21-30,33H,4-17,20,31-32H2,1-3H3. The Labute approximate surface area is 267 Å². The van der Waals surface area contributed by atoms with Crippen LogP contribution in [0.25, 0.3) is 11.1 Å². The Morgan fingerprint density at radius 2 is 1.07 bits per heavy atom. The lowest BCUT2D eigenvalue weighted by molar-refractivity contribution is 0.0637. The van der Waals surface area contributed by atoms with Crippen molar-refractivity contribution >= 4 is 5.97 Å². The van der Waals surface area contributed by atoms with E-state index in [2.05, 4.69) is 45.0 Å². The quantitative estimate of drug-likeness (QED) is 0.0617. The fourth-order valence-electron chi connectivity index (χ4n) is 5.36. The third-order valence-electron chi connectivity index (χ3n) is 8.26. The molecule has 0 aliphatic rings. The number of carbonyl (C=O) groups is 1. The molecule has 0 N–H and O–H groups in total. The number of benzene rings is 3. The molecule has 0 aliphatic carbocycles. The Bertz CT molecular complexity index is 1170. The second-order valence-electron chi connectivity index (χ2n) is 12.0. The predicted octanol–water partition coefficient (Wildman–Crippen LogP) is 11.9. The zero-order valence-electron chi connectivity index (χ0n) is 27.7. The lowest BCUT2D eigenvalue weighted by Gasteiger charge is -2.14. The van der Waals surface area contributed by atoms with Gasteiger partial charge in [-0.15, -0.1) is 0 Å². The van der Waals surface area contributed by atoms with Gasteiger partial charge in [-0.3, -0.25) is 0 Å². The molecule has 0 heterocycles. The number of hydrogen-bond donors (Lipinski definition) is 0. The van der Waals surface area contributed by atoms with Crippen molar-refractivity contribution in [2.45, 2.75) is 123 Å². The number of para-hydroxylation sites is 2. The van der Waals surface area contributed by atoms with Gasteiger partial charge in [-0.1, -0.05) is 146 Å². The number of rotatable bonds is 23. The average Bonchev–Trinajstić information content (AvgIpc) is 3.06. The van der Waals surface area contributed by atoms with Gasteiger partial charge in [0.05, 0.1) is 18.3 Å². The minimum Gasteiger partial charge on any atom is -0.490 e. The summed E-state index contributed by atoms with van der Waals surface area (Å²) in [5.74, 6) is 0.688. The molecule has 4 nitrogen and oxygen atoms in total. The molecule has 0 saturated carbocycles. The third kappa shape index (κ3) is 13.3. The first kappa shape index (κ1) is 35.4. The SMILES string of the molecule is CCCCCCCCCCCCCCCOc1ccccc1OC(=O)c1ccc(-c2ccc(C(C)OCCCC)cc2)cc1. The Hall–Kier alpha value is -3.11. The monoisotopic (exact) mass is 600 g/mol. The van der Waals surface area contributed by atoms with Gasteiger partial charge in [-0.2, -0.15) is 0 Å². The molecule has 0 aliphatic heterocycles. The van der Waals surface area contributed by atoms with Crippen molar-refractivity contribution in [1.82, 2.24) is 0 Å². The summed E-state index contributed by atoms with van der Waals surface area (Å²) in [5.41, 5.74) is 3.82. The van der Waals surface area contributed by atoms with Gasteiger partial charge in [0.1, 0.15) is 0 Å². The van der Waals surface area contributed by atoms with E-state index in [9.17, 15) is 4.79 Å². The first-order valence-electron chi connectivity index (χ1n) is 17.4.